The van der Waals surface area contributed by atoms with Gasteiger partial charge in [-0.15, -0.1) is 0 Å². The molecule has 1 saturated heterocycles. The molecule has 2 aromatic rings. The molecule has 128 valence electrons. The summed E-state index contributed by atoms with van der Waals surface area (Å²) in [6.45, 7) is 1.56. The third-order valence-corrected chi connectivity index (χ3v) is 6.19. The second-order valence-electron chi connectivity index (χ2n) is 6.15. The quantitative estimate of drug-likeness (QED) is 0.774. The summed E-state index contributed by atoms with van der Waals surface area (Å²) >= 11 is 0. The maximum Gasteiger partial charge on any atom is 0.218 e. The van der Waals surface area contributed by atoms with Gasteiger partial charge in [0.25, 0.3) is 0 Å². The minimum absolute atomic E-state index is 0.0533. The van der Waals surface area contributed by atoms with E-state index in [-0.39, 0.29) is 11.8 Å². The summed E-state index contributed by atoms with van der Waals surface area (Å²) in [4.78, 5) is 0. The van der Waals surface area contributed by atoms with E-state index < -0.39 is 10.0 Å². The first kappa shape index (κ1) is 17.1. The molecule has 0 bridgehead atoms. The average molecular weight is 345 g/mol. The Morgan fingerprint density at radius 3 is 2.25 bits per heavy atom. The summed E-state index contributed by atoms with van der Waals surface area (Å²) in [6.07, 6.45) is 1.76. The topological polar surface area (TPSA) is 46.6 Å². The Morgan fingerprint density at radius 2 is 1.58 bits per heavy atom. The Morgan fingerprint density at radius 1 is 0.958 bits per heavy atom. The van der Waals surface area contributed by atoms with Gasteiger partial charge in [0.2, 0.25) is 10.0 Å². The van der Waals surface area contributed by atoms with Crippen molar-refractivity contribution in [2.45, 2.75) is 31.2 Å². The number of rotatable bonds is 7. The van der Waals surface area contributed by atoms with Gasteiger partial charge in [0.1, 0.15) is 0 Å². The lowest BCUT2D eigenvalue weighted by atomic mass is 10.2. The summed E-state index contributed by atoms with van der Waals surface area (Å²) in [5, 5.41) is 0. The van der Waals surface area contributed by atoms with Gasteiger partial charge in [-0.1, -0.05) is 60.7 Å². The number of nitrogens with zero attached hydrogens (tertiary/aromatic N) is 1. The van der Waals surface area contributed by atoms with E-state index in [2.05, 4.69) is 0 Å². The molecule has 0 N–H and O–H groups in total. The lowest BCUT2D eigenvalue weighted by molar-refractivity contribution is 0.0873. The lowest BCUT2D eigenvalue weighted by Gasteiger charge is -2.24. The van der Waals surface area contributed by atoms with Gasteiger partial charge in [0.05, 0.1) is 19.0 Å². The summed E-state index contributed by atoms with van der Waals surface area (Å²) in [7, 11) is -3.30. The van der Waals surface area contributed by atoms with Crippen molar-refractivity contribution in [3.63, 3.8) is 0 Å². The Bertz CT molecular complexity index is 732. The normalized spacial score (nSPS) is 18.8. The van der Waals surface area contributed by atoms with Crippen LogP contribution < -0.4 is 0 Å². The molecule has 0 amide bonds. The van der Waals surface area contributed by atoms with E-state index in [0.717, 1.165) is 24.0 Å². The van der Waals surface area contributed by atoms with Crippen LogP contribution in [0.2, 0.25) is 0 Å². The minimum Gasteiger partial charge on any atom is -0.375 e. The molecule has 0 unspecified atom stereocenters. The Labute approximate surface area is 144 Å². The van der Waals surface area contributed by atoms with Crippen LogP contribution >= 0.6 is 0 Å². The van der Waals surface area contributed by atoms with E-state index in [4.69, 9.17) is 4.74 Å². The molecule has 5 heteroatoms. The van der Waals surface area contributed by atoms with Crippen molar-refractivity contribution in [2.24, 2.45) is 0 Å². The first-order chi connectivity index (χ1) is 11.6. The number of benzene rings is 2. The van der Waals surface area contributed by atoms with Crippen LogP contribution in [0.15, 0.2) is 60.7 Å². The maximum atomic E-state index is 12.7. The van der Waals surface area contributed by atoms with E-state index in [1.165, 1.54) is 0 Å². The van der Waals surface area contributed by atoms with Crippen LogP contribution in [-0.2, 0) is 27.1 Å². The second kappa shape index (κ2) is 7.92. The average Bonchev–Trinajstić information content (AvgIpc) is 3.06. The molecule has 24 heavy (non-hydrogen) atoms. The molecular formula is C19H23NO3S. The molecule has 1 aliphatic heterocycles. The van der Waals surface area contributed by atoms with Crippen LogP contribution in [0, 0.1) is 0 Å². The zero-order valence-electron chi connectivity index (χ0n) is 13.7. The molecular weight excluding hydrogens is 322 g/mol. The molecule has 0 radical (unpaired) electrons. The Balaban J connectivity index is 1.58. The Kier molecular flexibility index (Phi) is 5.66. The molecule has 1 atom stereocenters. The fraction of sp³-hybridized carbons (Fsp3) is 0.368. The van der Waals surface area contributed by atoms with Crippen molar-refractivity contribution in [3.05, 3.63) is 71.8 Å². The first-order valence-electron chi connectivity index (χ1n) is 8.30. The predicted octanol–water partition coefficient (Wildman–Crippen LogP) is 3.20. The molecule has 1 fully saturated rings. The number of hydrogen-bond donors (Lipinski definition) is 0. The van der Waals surface area contributed by atoms with Crippen LogP contribution in [0.3, 0.4) is 0 Å². The van der Waals surface area contributed by atoms with Gasteiger partial charge in [-0.25, -0.2) is 8.42 Å². The standard InChI is InChI=1S/C19H23NO3S/c21-24(22,16-18-10-5-2-6-11-18)20-13-7-12-19(20)15-23-14-17-8-3-1-4-9-17/h1-6,8-11,19H,7,12-16H2/t19-/m0/s1. The van der Waals surface area contributed by atoms with Crippen LogP contribution in [0.1, 0.15) is 24.0 Å². The summed E-state index contributed by atoms with van der Waals surface area (Å²) in [5.41, 5.74) is 1.93. The maximum absolute atomic E-state index is 12.7. The van der Waals surface area contributed by atoms with Crippen LogP contribution in [-0.4, -0.2) is 31.9 Å². The van der Waals surface area contributed by atoms with Gasteiger partial charge in [0, 0.05) is 12.6 Å². The molecule has 0 aliphatic carbocycles. The number of ether oxygens (including phenoxy) is 1. The summed E-state index contributed by atoms with van der Waals surface area (Å²) in [5.74, 6) is 0.0586. The minimum atomic E-state index is -3.30. The molecule has 3 rings (SSSR count). The van der Waals surface area contributed by atoms with E-state index in [1.807, 2.05) is 60.7 Å². The van der Waals surface area contributed by atoms with Gasteiger partial charge in [-0.2, -0.15) is 4.31 Å². The monoisotopic (exact) mass is 345 g/mol. The first-order valence-corrected chi connectivity index (χ1v) is 9.91. The zero-order valence-corrected chi connectivity index (χ0v) is 14.5. The highest BCUT2D eigenvalue weighted by Gasteiger charge is 2.34. The summed E-state index contributed by atoms with van der Waals surface area (Å²) in [6, 6.07) is 19.2. The van der Waals surface area contributed by atoms with Gasteiger partial charge in [0.15, 0.2) is 0 Å². The van der Waals surface area contributed by atoms with Crippen molar-refractivity contribution < 1.29 is 13.2 Å². The van der Waals surface area contributed by atoms with Gasteiger partial charge >= 0.3 is 0 Å². The van der Waals surface area contributed by atoms with Crippen molar-refractivity contribution in [3.8, 4) is 0 Å². The van der Waals surface area contributed by atoms with Crippen molar-refractivity contribution in [1.29, 1.82) is 0 Å². The number of sulfonamides is 1. The van der Waals surface area contributed by atoms with E-state index in [9.17, 15) is 8.42 Å². The third-order valence-electron chi connectivity index (χ3n) is 4.29. The largest absolute Gasteiger partial charge is 0.375 e. The molecule has 0 saturated carbocycles. The molecule has 0 spiro atoms. The van der Waals surface area contributed by atoms with E-state index in [1.54, 1.807) is 4.31 Å². The molecule has 4 nitrogen and oxygen atoms in total. The molecule has 2 aromatic carbocycles. The van der Waals surface area contributed by atoms with Crippen molar-refractivity contribution in [2.75, 3.05) is 13.2 Å². The number of hydrogen-bond acceptors (Lipinski definition) is 3. The SMILES string of the molecule is O=S(=O)(Cc1ccccc1)N1CCC[C@H]1COCc1ccccc1. The smallest absolute Gasteiger partial charge is 0.218 e. The molecule has 1 aliphatic rings. The van der Waals surface area contributed by atoms with Crippen molar-refractivity contribution in [1.82, 2.24) is 4.31 Å². The molecule has 0 aromatic heterocycles. The van der Waals surface area contributed by atoms with E-state index >= 15 is 0 Å². The summed E-state index contributed by atoms with van der Waals surface area (Å²) < 4.78 is 32.8. The van der Waals surface area contributed by atoms with Crippen LogP contribution in [0.4, 0.5) is 0 Å². The van der Waals surface area contributed by atoms with Gasteiger partial charge < -0.3 is 4.74 Å². The fourth-order valence-electron chi connectivity index (χ4n) is 3.10. The highest BCUT2D eigenvalue weighted by molar-refractivity contribution is 7.88. The van der Waals surface area contributed by atoms with Crippen LogP contribution in [0.25, 0.3) is 0 Å². The van der Waals surface area contributed by atoms with Crippen molar-refractivity contribution >= 4 is 10.0 Å². The molecule has 1 heterocycles. The lowest BCUT2D eigenvalue weighted by Crippen LogP contribution is -2.38. The highest BCUT2D eigenvalue weighted by Crippen LogP contribution is 2.24. The van der Waals surface area contributed by atoms with E-state index in [0.29, 0.717) is 19.8 Å². The predicted molar refractivity (Wildman–Crippen MR) is 94.9 cm³/mol. The van der Waals surface area contributed by atoms with Gasteiger partial charge in [-0.05, 0) is 24.0 Å². The third kappa shape index (κ3) is 4.44. The Hall–Kier alpha value is -1.69. The second-order valence-corrected chi connectivity index (χ2v) is 8.07. The van der Waals surface area contributed by atoms with Crippen LogP contribution in [0.5, 0.6) is 0 Å². The van der Waals surface area contributed by atoms with Gasteiger partial charge in [-0.3, -0.25) is 0 Å². The fourth-order valence-corrected chi connectivity index (χ4v) is 4.90. The zero-order chi connectivity index (χ0) is 16.8. The highest BCUT2D eigenvalue weighted by atomic mass is 32.2.